The van der Waals surface area contributed by atoms with Gasteiger partial charge in [-0.15, -0.1) is 11.8 Å². The van der Waals surface area contributed by atoms with Gasteiger partial charge in [0.15, 0.2) is 0 Å². The second kappa shape index (κ2) is 8.31. The SMILES string of the molecule is O=C(NC1CCSc2ccccc21)c1cccc(NS(=O)(=O)c2ccccc2)c1. The second-order valence-electron chi connectivity index (χ2n) is 6.70. The zero-order chi connectivity index (χ0) is 20.3. The number of anilines is 1. The molecule has 0 aliphatic carbocycles. The smallest absolute Gasteiger partial charge is 0.261 e. The van der Waals surface area contributed by atoms with E-state index in [1.165, 1.54) is 17.0 Å². The van der Waals surface area contributed by atoms with Crippen molar-refractivity contribution in [3.05, 3.63) is 90.0 Å². The molecular formula is C22H20N2O3S2. The van der Waals surface area contributed by atoms with Gasteiger partial charge in [0.2, 0.25) is 0 Å². The summed E-state index contributed by atoms with van der Waals surface area (Å²) in [5.41, 5.74) is 1.88. The molecule has 4 rings (SSSR count). The van der Waals surface area contributed by atoms with Crippen LogP contribution in [0.2, 0.25) is 0 Å². The Hall–Kier alpha value is -2.77. The minimum absolute atomic E-state index is 0.0513. The molecule has 29 heavy (non-hydrogen) atoms. The van der Waals surface area contributed by atoms with Gasteiger partial charge >= 0.3 is 0 Å². The Labute approximate surface area is 174 Å². The number of thioether (sulfide) groups is 1. The van der Waals surface area contributed by atoms with Crippen LogP contribution in [0.1, 0.15) is 28.4 Å². The first-order valence-electron chi connectivity index (χ1n) is 9.23. The molecule has 7 heteroatoms. The highest BCUT2D eigenvalue weighted by molar-refractivity contribution is 7.99. The van der Waals surface area contributed by atoms with Crippen molar-refractivity contribution in [3.8, 4) is 0 Å². The Morgan fingerprint density at radius 2 is 1.69 bits per heavy atom. The molecule has 1 aliphatic rings. The third-order valence-corrected chi connectivity index (χ3v) is 7.21. The molecular weight excluding hydrogens is 404 g/mol. The fourth-order valence-electron chi connectivity index (χ4n) is 3.27. The average Bonchev–Trinajstić information content (AvgIpc) is 2.74. The summed E-state index contributed by atoms with van der Waals surface area (Å²) < 4.78 is 27.6. The quantitative estimate of drug-likeness (QED) is 0.634. The van der Waals surface area contributed by atoms with E-state index in [9.17, 15) is 13.2 Å². The van der Waals surface area contributed by atoms with Crippen molar-refractivity contribution in [1.82, 2.24) is 5.32 Å². The van der Waals surface area contributed by atoms with E-state index in [4.69, 9.17) is 0 Å². The zero-order valence-electron chi connectivity index (χ0n) is 15.5. The maximum atomic E-state index is 12.8. The highest BCUT2D eigenvalue weighted by atomic mass is 32.2. The lowest BCUT2D eigenvalue weighted by Gasteiger charge is -2.26. The van der Waals surface area contributed by atoms with Gasteiger partial charge in [0.25, 0.3) is 15.9 Å². The number of carbonyl (C=O) groups excluding carboxylic acids is 1. The van der Waals surface area contributed by atoms with Gasteiger partial charge in [-0.2, -0.15) is 0 Å². The molecule has 0 fully saturated rings. The van der Waals surface area contributed by atoms with Crippen LogP contribution in [0.4, 0.5) is 5.69 Å². The summed E-state index contributed by atoms with van der Waals surface area (Å²) in [5.74, 6) is 0.719. The van der Waals surface area contributed by atoms with E-state index in [2.05, 4.69) is 16.1 Å². The van der Waals surface area contributed by atoms with Crippen molar-refractivity contribution >= 4 is 33.4 Å². The van der Waals surface area contributed by atoms with E-state index in [0.29, 0.717) is 11.3 Å². The molecule has 1 heterocycles. The summed E-state index contributed by atoms with van der Waals surface area (Å²) in [6, 6.07) is 22.7. The first kappa shape index (κ1) is 19.5. The minimum atomic E-state index is -3.71. The first-order chi connectivity index (χ1) is 14.0. The minimum Gasteiger partial charge on any atom is -0.345 e. The number of hydrogen-bond donors (Lipinski definition) is 2. The van der Waals surface area contributed by atoms with Gasteiger partial charge in [-0.05, 0) is 48.4 Å². The first-order valence-corrected chi connectivity index (χ1v) is 11.7. The Bertz CT molecular complexity index is 1130. The molecule has 5 nitrogen and oxygen atoms in total. The van der Waals surface area contributed by atoms with Gasteiger partial charge in [-0.25, -0.2) is 8.42 Å². The van der Waals surface area contributed by atoms with E-state index in [0.717, 1.165) is 17.7 Å². The van der Waals surface area contributed by atoms with Gasteiger partial charge in [0.1, 0.15) is 0 Å². The number of sulfonamides is 1. The van der Waals surface area contributed by atoms with Gasteiger partial charge in [0.05, 0.1) is 10.9 Å². The maximum Gasteiger partial charge on any atom is 0.261 e. The number of amides is 1. The number of benzene rings is 3. The van der Waals surface area contributed by atoms with Crippen molar-refractivity contribution in [2.24, 2.45) is 0 Å². The van der Waals surface area contributed by atoms with Gasteiger partial charge < -0.3 is 5.32 Å². The van der Waals surface area contributed by atoms with Crippen LogP contribution in [-0.2, 0) is 10.0 Å². The molecule has 3 aromatic carbocycles. The number of carbonyl (C=O) groups is 1. The van der Waals surface area contributed by atoms with Crippen LogP contribution in [0.3, 0.4) is 0 Å². The zero-order valence-corrected chi connectivity index (χ0v) is 17.2. The molecule has 0 saturated carbocycles. The number of hydrogen-bond acceptors (Lipinski definition) is 4. The lowest BCUT2D eigenvalue weighted by atomic mass is 10.0. The summed E-state index contributed by atoms with van der Waals surface area (Å²) in [6.45, 7) is 0. The van der Waals surface area contributed by atoms with Crippen molar-refractivity contribution < 1.29 is 13.2 Å². The molecule has 0 bridgehead atoms. The molecule has 148 valence electrons. The number of fused-ring (bicyclic) bond motifs is 1. The third kappa shape index (κ3) is 4.46. The van der Waals surface area contributed by atoms with Crippen LogP contribution in [0.5, 0.6) is 0 Å². The predicted molar refractivity (Wildman–Crippen MR) is 116 cm³/mol. The van der Waals surface area contributed by atoms with Crippen molar-refractivity contribution in [2.75, 3.05) is 10.5 Å². The predicted octanol–water partition coefficient (Wildman–Crippen LogP) is 4.45. The Morgan fingerprint density at radius 1 is 0.931 bits per heavy atom. The van der Waals surface area contributed by atoms with E-state index in [-0.39, 0.29) is 16.8 Å². The molecule has 1 atom stereocenters. The van der Waals surface area contributed by atoms with Crippen LogP contribution in [-0.4, -0.2) is 20.1 Å². The molecule has 1 unspecified atom stereocenters. The summed E-state index contributed by atoms with van der Waals surface area (Å²) >= 11 is 1.79. The van der Waals surface area contributed by atoms with Crippen LogP contribution >= 0.6 is 11.8 Å². The molecule has 1 aliphatic heterocycles. The largest absolute Gasteiger partial charge is 0.345 e. The summed E-state index contributed by atoms with van der Waals surface area (Å²) in [7, 11) is -3.71. The Kier molecular flexibility index (Phi) is 5.60. The monoisotopic (exact) mass is 424 g/mol. The normalized spacial score (nSPS) is 15.9. The summed E-state index contributed by atoms with van der Waals surface area (Å²) in [5, 5.41) is 3.08. The van der Waals surface area contributed by atoms with Gasteiger partial charge in [-0.1, -0.05) is 42.5 Å². The highest BCUT2D eigenvalue weighted by Gasteiger charge is 2.22. The highest BCUT2D eigenvalue weighted by Crippen LogP contribution is 2.36. The summed E-state index contributed by atoms with van der Waals surface area (Å²) in [6.07, 6.45) is 0.855. The molecule has 3 aromatic rings. The van der Waals surface area contributed by atoms with E-state index in [1.54, 1.807) is 54.2 Å². The van der Waals surface area contributed by atoms with Gasteiger partial charge in [-0.3, -0.25) is 9.52 Å². The fraction of sp³-hybridized carbons (Fsp3) is 0.136. The van der Waals surface area contributed by atoms with Crippen LogP contribution < -0.4 is 10.0 Å². The van der Waals surface area contributed by atoms with Crippen LogP contribution in [0, 0.1) is 0 Å². The maximum absolute atomic E-state index is 12.8. The molecule has 0 spiro atoms. The second-order valence-corrected chi connectivity index (χ2v) is 9.52. The molecule has 0 saturated heterocycles. The molecule has 2 N–H and O–H groups in total. The topological polar surface area (TPSA) is 75.3 Å². The fourth-order valence-corrected chi connectivity index (χ4v) is 5.47. The lowest BCUT2D eigenvalue weighted by Crippen LogP contribution is -2.30. The van der Waals surface area contributed by atoms with Crippen LogP contribution in [0.15, 0.2) is 88.7 Å². The lowest BCUT2D eigenvalue weighted by molar-refractivity contribution is 0.0935. The Balaban J connectivity index is 1.51. The van der Waals surface area contributed by atoms with Gasteiger partial charge in [0, 0.05) is 21.9 Å². The van der Waals surface area contributed by atoms with E-state index < -0.39 is 10.0 Å². The molecule has 1 amide bonds. The molecule has 0 aromatic heterocycles. The van der Waals surface area contributed by atoms with Crippen molar-refractivity contribution in [1.29, 1.82) is 0 Å². The Morgan fingerprint density at radius 3 is 2.52 bits per heavy atom. The standard InChI is InChI=1S/C22H20N2O3S2/c25-22(23-20-13-14-28-21-12-5-4-11-19(20)21)16-7-6-8-17(15-16)24-29(26,27)18-9-2-1-3-10-18/h1-12,15,20,24H,13-14H2,(H,23,25). The molecule has 0 radical (unpaired) electrons. The van der Waals surface area contributed by atoms with Crippen LogP contribution in [0.25, 0.3) is 0 Å². The van der Waals surface area contributed by atoms with E-state index >= 15 is 0 Å². The number of rotatable bonds is 5. The average molecular weight is 425 g/mol. The third-order valence-electron chi connectivity index (χ3n) is 4.69. The van der Waals surface area contributed by atoms with Crippen molar-refractivity contribution in [3.63, 3.8) is 0 Å². The summed E-state index contributed by atoms with van der Waals surface area (Å²) in [4.78, 5) is 14.2. The number of nitrogens with one attached hydrogen (secondary N) is 2. The van der Waals surface area contributed by atoms with E-state index in [1.807, 2.05) is 18.2 Å². The van der Waals surface area contributed by atoms with Crippen molar-refractivity contribution in [2.45, 2.75) is 22.3 Å².